The first-order chi connectivity index (χ1) is 6.65. The maximum Gasteiger partial charge on any atom is 0.307 e. The number of carbonyl (C=O) groups excluding carboxylic acids is 2. The normalized spacial score (nSPS) is 14.2. The number of rotatable bonds is 7. The maximum absolute atomic E-state index is 11.0. The van der Waals surface area contributed by atoms with Gasteiger partial charge in [-0.15, -0.1) is 0 Å². The summed E-state index contributed by atoms with van der Waals surface area (Å²) in [6.45, 7) is 1.21. The van der Waals surface area contributed by atoms with E-state index in [9.17, 15) is 9.59 Å². The molecule has 0 aliphatic rings. The molecule has 0 saturated carbocycles. The number of carbonyl (C=O) groups is 2. The van der Waals surface area contributed by atoms with E-state index in [-0.39, 0.29) is 6.42 Å². The highest BCUT2D eigenvalue weighted by atomic mass is 16.6. The predicted octanol–water partition coefficient (Wildman–Crippen LogP) is -1.24. The van der Waals surface area contributed by atoms with Crippen molar-refractivity contribution in [1.82, 2.24) is 5.32 Å². The van der Waals surface area contributed by atoms with Crippen molar-refractivity contribution in [3.63, 3.8) is 0 Å². The van der Waals surface area contributed by atoms with Crippen molar-refractivity contribution in [3.8, 4) is 0 Å². The molecule has 2 atom stereocenters. The topological polar surface area (TPSA) is 95.9 Å². The molecule has 0 aliphatic carbocycles. The molecule has 0 aromatic rings. The van der Waals surface area contributed by atoms with E-state index in [4.69, 9.17) is 14.9 Å². The van der Waals surface area contributed by atoms with E-state index >= 15 is 0 Å². The van der Waals surface area contributed by atoms with E-state index in [0.717, 1.165) is 0 Å². The van der Waals surface area contributed by atoms with Gasteiger partial charge in [0.25, 0.3) is 0 Å². The molecule has 1 amide bonds. The van der Waals surface area contributed by atoms with Crippen LogP contribution in [0.3, 0.4) is 0 Å². The highest BCUT2D eigenvalue weighted by Crippen LogP contribution is 1.99. The molecule has 0 rings (SSSR count). The average molecular weight is 205 g/mol. The van der Waals surface area contributed by atoms with Crippen LogP contribution in [0.5, 0.6) is 0 Å². The Bertz CT molecular complexity index is 185. The highest BCUT2D eigenvalue weighted by molar-refractivity contribution is 5.69. The standard InChI is InChI=1S/C8H15NO5/c1-2-3-7(13)14-8(9-5-11)6(12)4-10/h5-6,8,10,12H,2-4H2,1H3,(H,9,11). The van der Waals surface area contributed by atoms with Crippen molar-refractivity contribution in [3.05, 3.63) is 0 Å². The second kappa shape index (κ2) is 7.28. The molecule has 6 heteroatoms. The number of aliphatic hydroxyl groups excluding tert-OH is 2. The smallest absolute Gasteiger partial charge is 0.307 e. The number of amides is 1. The molecular weight excluding hydrogens is 190 g/mol. The van der Waals surface area contributed by atoms with Gasteiger partial charge in [0.1, 0.15) is 6.10 Å². The Balaban J connectivity index is 4.07. The van der Waals surface area contributed by atoms with Gasteiger partial charge < -0.3 is 20.3 Å². The lowest BCUT2D eigenvalue weighted by atomic mass is 10.3. The molecule has 3 N–H and O–H groups in total. The lowest BCUT2D eigenvalue weighted by Gasteiger charge is -2.20. The summed E-state index contributed by atoms with van der Waals surface area (Å²) in [5, 5.41) is 19.8. The maximum atomic E-state index is 11.0. The largest absolute Gasteiger partial charge is 0.439 e. The van der Waals surface area contributed by atoms with E-state index < -0.39 is 24.9 Å². The molecular formula is C8H15NO5. The summed E-state index contributed by atoms with van der Waals surface area (Å²) in [4.78, 5) is 21.1. The molecule has 0 radical (unpaired) electrons. The third kappa shape index (κ3) is 4.78. The molecule has 6 nitrogen and oxygen atoms in total. The molecule has 0 aromatic heterocycles. The summed E-state index contributed by atoms with van der Waals surface area (Å²) in [6, 6.07) is 0. The van der Waals surface area contributed by atoms with Gasteiger partial charge in [-0.05, 0) is 6.42 Å². The summed E-state index contributed by atoms with van der Waals surface area (Å²) >= 11 is 0. The minimum Gasteiger partial charge on any atom is -0.439 e. The van der Waals surface area contributed by atoms with Crippen molar-refractivity contribution in [2.75, 3.05) is 6.61 Å². The van der Waals surface area contributed by atoms with Crippen LogP contribution >= 0.6 is 0 Å². The van der Waals surface area contributed by atoms with Gasteiger partial charge in [-0.2, -0.15) is 0 Å². The Morgan fingerprint density at radius 1 is 1.64 bits per heavy atom. The van der Waals surface area contributed by atoms with E-state index in [0.29, 0.717) is 12.8 Å². The van der Waals surface area contributed by atoms with Crippen LogP contribution in [0.2, 0.25) is 0 Å². The Kier molecular flexibility index (Phi) is 6.69. The Morgan fingerprint density at radius 2 is 2.29 bits per heavy atom. The van der Waals surface area contributed by atoms with Gasteiger partial charge in [0.15, 0.2) is 0 Å². The monoisotopic (exact) mass is 205 g/mol. The van der Waals surface area contributed by atoms with E-state index in [1.165, 1.54) is 0 Å². The number of nitrogens with one attached hydrogen (secondary N) is 1. The second-order valence-electron chi connectivity index (χ2n) is 2.69. The fourth-order valence-electron chi connectivity index (χ4n) is 0.791. The van der Waals surface area contributed by atoms with Crippen LogP contribution in [0.1, 0.15) is 19.8 Å². The van der Waals surface area contributed by atoms with Crippen LogP contribution in [0.4, 0.5) is 0 Å². The van der Waals surface area contributed by atoms with Gasteiger partial charge in [-0.25, -0.2) is 0 Å². The highest BCUT2D eigenvalue weighted by Gasteiger charge is 2.21. The minimum atomic E-state index is -1.30. The summed E-state index contributed by atoms with van der Waals surface area (Å²) in [5.74, 6) is -0.528. The molecule has 0 spiro atoms. The molecule has 0 fully saturated rings. The van der Waals surface area contributed by atoms with Crippen molar-refractivity contribution in [2.45, 2.75) is 32.1 Å². The van der Waals surface area contributed by atoms with Gasteiger partial charge >= 0.3 is 5.97 Å². The Hall–Kier alpha value is -1.14. The predicted molar refractivity (Wildman–Crippen MR) is 47.1 cm³/mol. The first kappa shape index (κ1) is 12.9. The molecule has 0 bridgehead atoms. The number of esters is 1. The summed E-state index contributed by atoms with van der Waals surface area (Å²) in [5.41, 5.74) is 0. The number of ether oxygens (including phenoxy) is 1. The Morgan fingerprint density at radius 3 is 2.71 bits per heavy atom. The van der Waals surface area contributed by atoms with Crippen molar-refractivity contribution < 1.29 is 24.5 Å². The van der Waals surface area contributed by atoms with Crippen molar-refractivity contribution in [1.29, 1.82) is 0 Å². The third-order valence-electron chi connectivity index (χ3n) is 1.48. The third-order valence-corrected chi connectivity index (χ3v) is 1.48. The first-order valence-electron chi connectivity index (χ1n) is 4.33. The van der Waals surface area contributed by atoms with Crippen LogP contribution in [-0.4, -0.2) is 41.5 Å². The molecule has 0 aromatic carbocycles. The number of aliphatic hydroxyl groups is 2. The fourth-order valence-corrected chi connectivity index (χ4v) is 0.791. The zero-order chi connectivity index (χ0) is 11.0. The van der Waals surface area contributed by atoms with Crippen LogP contribution < -0.4 is 5.32 Å². The van der Waals surface area contributed by atoms with E-state index in [1.807, 2.05) is 0 Å². The summed E-state index contributed by atoms with van der Waals surface area (Å²) < 4.78 is 4.69. The lowest BCUT2D eigenvalue weighted by Crippen LogP contribution is -2.44. The molecule has 2 unspecified atom stereocenters. The van der Waals surface area contributed by atoms with Crippen LogP contribution in [-0.2, 0) is 14.3 Å². The van der Waals surface area contributed by atoms with Gasteiger partial charge in [-0.1, -0.05) is 6.92 Å². The SMILES string of the molecule is CCCC(=O)OC(NC=O)C(O)CO. The summed E-state index contributed by atoms with van der Waals surface area (Å²) in [7, 11) is 0. The first-order valence-corrected chi connectivity index (χ1v) is 4.33. The van der Waals surface area contributed by atoms with Crippen molar-refractivity contribution >= 4 is 12.4 Å². The second-order valence-corrected chi connectivity index (χ2v) is 2.69. The summed E-state index contributed by atoms with van der Waals surface area (Å²) in [6.07, 6.45) is -1.38. The molecule has 0 saturated heterocycles. The van der Waals surface area contributed by atoms with Crippen LogP contribution in [0.15, 0.2) is 0 Å². The fraction of sp³-hybridized carbons (Fsp3) is 0.750. The van der Waals surface area contributed by atoms with E-state index in [2.05, 4.69) is 5.32 Å². The van der Waals surface area contributed by atoms with Gasteiger partial charge in [0, 0.05) is 6.42 Å². The molecule has 0 aliphatic heterocycles. The molecule has 82 valence electrons. The van der Waals surface area contributed by atoms with Gasteiger partial charge in [0.2, 0.25) is 12.6 Å². The van der Waals surface area contributed by atoms with Crippen LogP contribution in [0, 0.1) is 0 Å². The number of hydrogen-bond acceptors (Lipinski definition) is 5. The van der Waals surface area contributed by atoms with E-state index in [1.54, 1.807) is 6.92 Å². The zero-order valence-electron chi connectivity index (χ0n) is 7.97. The average Bonchev–Trinajstić information content (AvgIpc) is 2.16. The Labute approximate surface area is 81.9 Å². The minimum absolute atomic E-state index is 0.204. The molecule has 14 heavy (non-hydrogen) atoms. The quantitative estimate of drug-likeness (QED) is 0.274. The number of hydrogen-bond donors (Lipinski definition) is 3. The zero-order valence-corrected chi connectivity index (χ0v) is 7.97. The van der Waals surface area contributed by atoms with Crippen molar-refractivity contribution in [2.24, 2.45) is 0 Å². The molecule has 0 heterocycles. The van der Waals surface area contributed by atoms with Gasteiger partial charge in [0.05, 0.1) is 6.61 Å². The van der Waals surface area contributed by atoms with Gasteiger partial charge in [-0.3, -0.25) is 9.59 Å². The lowest BCUT2D eigenvalue weighted by molar-refractivity contribution is -0.160. The van der Waals surface area contributed by atoms with Crippen LogP contribution in [0.25, 0.3) is 0 Å².